The summed E-state index contributed by atoms with van der Waals surface area (Å²) in [6, 6.07) is 6.36. The summed E-state index contributed by atoms with van der Waals surface area (Å²) in [6.45, 7) is 1.54. The number of carboxylic acids is 1. The number of rotatable bonds is 4. The van der Waals surface area contributed by atoms with Crippen LogP contribution in [-0.4, -0.2) is 64.0 Å². The van der Waals surface area contributed by atoms with Crippen LogP contribution in [0.1, 0.15) is 29.3 Å². The molecule has 3 rings (SSSR count). The van der Waals surface area contributed by atoms with E-state index in [1.807, 2.05) is 0 Å². The Morgan fingerprint density at radius 3 is 2.32 bits per heavy atom. The van der Waals surface area contributed by atoms with Crippen LogP contribution in [0, 0.1) is 5.92 Å². The summed E-state index contributed by atoms with van der Waals surface area (Å²) in [5.74, 6) is -2.23. The van der Waals surface area contributed by atoms with Crippen LogP contribution in [-0.2, 0) is 9.59 Å². The molecule has 3 atom stereocenters. The summed E-state index contributed by atoms with van der Waals surface area (Å²) in [7, 11) is 3.32. The van der Waals surface area contributed by atoms with Crippen LogP contribution >= 0.6 is 0 Å². The average molecular weight is 344 g/mol. The van der Waals surface area contributed by atoms with Crippen molar-refractivity contribution in [2.45, 2.75) is 25.5 Å². The summed E-state index contributed by atoms with van der Waals surface area (Å²) in [6.07, 6.45) is -0.438. The van der Waals surface area contributed by atoms with Crippen LogP contribution in [0.25, 0.3) is 5.57 Å². The van der Waals surface area contributed by atoms with E-state index in [1.54, 1.807) is 45.3 Å². The number of hydrogen-bond donors (Lipinski definition) is 2. The van der Waals surface area contributed by atoms with E-state index >= 15 is 0 Å². The molecule has 0 spiro atoms. The third-order valence-corrected chi connectivity index (χ3v) is 4.82. The van der Waals surface area contributed by atoms with Gasteiger partial charge in [-0.1, -0.05) is 12.1 Å². The lowest BCUT2D eigenvalue weighted by Crippen LogP contribution is -2.61. The van der Waals surface area contributed by atoms with Gasteiger partial charge in [0.05, 0.1) is 18.1 Å². The number of carboxylic acid groups (broad SMARTS) is 1. The molecule has 2 N–H and O–H groups in total. The topological polar surface area (TPSA) is 98.1 Å². The van der Waals surface area contributed by atoms with Crippen molar-refractivity contribution in [3.63, 3.8) is 0 Å². The Hall–Kier alpha value is -2.67. The van der Waals surface area contributed by atoms with Gasteiger partial charge in [-0.3, -0.25) is 9.59 Å². The van der Waals surface area contributed by atoms with Crippen molar-refractivity contribution in [1.82, 2.24) is 9.80 Å². The van der Waals surface area contributed by atoms with Crippen LogP contribution < -0.4 is 0 Å². The highest BCUT2D eigenvalue weighted by atomic mass is 16.4. The molecular weight excluding hydrogens is 324 g/mol. The molecule has 2 aliphatic rings. The first-order valence-electron chi connectivity index (χ1n) is 8.03. The quantitative estimate of drug-likeness (QED) is 0.787. The van der Waals surface area contributed by atoms with E-state index in [4.69, 9.17) is 0 Å². The lowest BCUT2D eigenvalue weighted by Gasteiger charge is -2.44. The zero-order valence-corrected chi connectivity index (χ0v) is 14.3. The summed E-state index contributed by atoms with van der Waals surface area (Å²) >= 11 is 0. The lowest BCUT2D eigenvalue weighted by atomic mass is 9.82. The van der Waals surface area contributed by atoms with E-state index in [1.165, 1.54) is 9.80 Å². The highest BCUT2D eigenvalue weighted by Gasteiger charge is 2.56. The van der Waals surface area contributed by atoms with Gasteiger partial charge < -0.3 is 20.0 Å². The molecule has 1 aromatic carbocycles. The van der Waals surface area contributed by atoms with Crippen molar-refractivity contribution in [2.75, 3.05) is 14.1 Å². The molecule has 0 unspecified atom stereocenters. The van der Waals surface area contributed by atoms with Crippen LogP contribution in [0.3, 0.4) is 0 Å². The number of aliphatic hydroxyl groups is 1. The number of amides is 2. The van der Waals surface area contributed by atoms with Crippen molar-refractivity contribution in [3.05, 3.63) is 41.1 Å². The molecule has 2 heterocycles. The van der Waals surface area contributed by atoms with E-state index in [9.17, 15) is 24.6 Å². The van der Waals surface area contributed by atoms with E-state index in [0.717, 1.165) is 0 Å². The summed E-state index contributed by atoms with van der Waals surface area (Å²) in [4.78, 5) is 38.6. The van der Waals surface area contributed by atoms with Crippen molar-refractivity contribution < 1.29 is 24.6 Å². The maximum absolute atomic E-state index is 12.2. The number of benzene rings is 1. The van der Waals surface area contributed by atoms with Gasteiger partial charge in [-0.25, -0.2) is 4.79 Å². The zero-order chi connectivity index (χ0) is 18.5. The van der Waals surface area contributed by atoms with E-state index < -0.39 is 18.0 Å². The van der Waals surface area contributed by atoms with Crippen LogP contribution in [0.15, 0.2) is 30.0 Å². The number of carbonyl (C=O) groups excluding carboxylic acids is 2. The fourth-order valence-corrected chi connectivity index (χ4v) is 3.60. The van der Waals surface area contributed by atoms with E-state index in [2.05, 4.69) is 0 Å². The minimum Gasteiger partial charge on any atom is -0.477 e. The van der Waals surface area contributed by atoms with Gasteiger partial charge in [0.2, 0.25) is 5.91 Å². The molecule has 0 saturated carbocycles. The molecule has 2 amide bonds. The number of nitrogens with zero attached hydrogens (tertiary/aromatic N) is 2. The number of hydrogen-bond acceptors (Lipinski definition) is 4. The Bertz CT molecular complexity index is 779. The zero-order valence-electron chi connectivity index (χ0n) is 14.3. The molecule has 7 heteroatoms. The number of β-lactam (4-membered cyclic amide) rings is 1. The highest BCUT2D eigenvalue weighted by molar-refractivity contribution is 6.06. The first-order valence-corrected chi connectivity index (χ1v) is 8.03. The lowest BCUT2D eigenvalue weighted by molar-refractivity contribution is -0.161. The van der Waals surface area contributed by atoms with Gasteiger partial charge >= 0.3 is 5.97 Å². The van der Waals surface area contributed by atoms with Gasteiger partial charge in [0.15, 0.2) is 0 Å². The van der Waals surface area contributed by atoms with Gasteiger partial charge in [0.25, 0.3) is 5.91 Å². The van der Waals surface area contributed by atoms with E-state index in [0.29, 0.717) is 23.1 Å². The molecule has 0 bridgehead atoms. The minimum absolute atomic E-state index is 0.0291. The molecular formula is C18H20N2O5. The molecule has 0 aliphatic carbocycles. The standard InChI is InChI=1S/C18H20N2O5/c1-9(21)14-13-8-12(15(18(24)25)20(13)17(14)23)10-4-6-11(7-5-10)16(22)19(2)3/h4-7,9,13-14,21H,8H2,1-3H3,(H,24,25)/t9-,13-,14-/m1/s1. The smallest absolute Gasteiger partial charge is 0.352 e. The Balaban J connectivity index is 1.95. The number of fused-ring (bicyclic) bond motifs is 1. The van der Waals surface area contributed by atoms with Gasteiger partial charge in [-0.2, -0.15) is 0 Å². The summed E-state index contributed by atoms with van der Waals surface area (Å²) in [5, 5.41) is 19.3. The molecule has 0 radical (unpaired) electrons. The third-order valence-electron chi connectivity index (χ3n) is 4.82. The number of aliphatic carboxylic acids is 1. The van der Waals surface area contributed by atoms with Crippen LogP contribution in [0.2, 0.25) is 0 Å². The fraction of sp³-hybridized carbons (Fsp3) is 0.389. The predicted molar refractivity (Wildman–Crippen MR) is 89.4 cm³/mol. The first-order chi connectivity index (χ1) is 11.7. The van der Waals surface area contributed by atoms with Crippen molar-refractivity contribution >= 4 is 23.4 Å². The van der Waals surface area contributed by atoms with E-state index in [-0.39, 0.29) is 23.6 Å². The Morgan fingerprint density at radius 2 is 1.84 bits per heavy atom. The first kappa shape index (κ1) is 17.2. The maximum atomic E-state index is 12.2. The Labute approximate surface area is 145 Å². The van der Waals surface area contributed by atoms with Crippen molar-refractivity contribution in [1.29, 1.82) is 0 Å². The molecule has 2 aliphatic heterocycles. The van der Waals surface area contributed by atoms with Gasteiger partial charge in [-0.05, 0) is 36.6 Å². The van der Waals surface area contributed by atoms with Crippen LogP contribution in [0.5, 0.6) is 0 Å². The summed E-state index contributed by atoms with van der Waals surface area (Å²) in [5.41, 5.74) is 1.70. The highest BCUT2D eigenvalue weighted by Crippen LogP contribution is 2.46. The minimum atomic E-state index is -1.16. The molecule has 25 heavy (non-hydrogen) atoms. The number of carbonyl (C=O) groups is 3. The average Bonchev–Trinajstić information content (AvgIpc) is 2.89. The Morgan fingerprint density at radius 1 is 1.24 bits per heavy atom. The number of aliphatic hydroxyl groups excluding tert-OH is 1. The molecule has 0 aromatic heterocycles. The second-order valence-electron chi connectivity index (χ2n) is 6.66. The molecule has 7 nitrogen and oxygen atoms in total. The second kappa shape index (κ2) is 6.00. The Kier molecular flexibility index (Phi) is 4.12. The fourth-order valence-electron chi connectivity index (χ4n) is 3.60. The van der Waals surface area contributed by atoms with Crippen molar-refractivity contribution in [2.24, 2.45) is 5.92 Å². The van der Waals surface area contributed by atoms with Gasteiger partial charge in [0, 0.05) is 19.7 Å². The van der Waals surface area contributed by atoms with Crippen LogP contribution in [0.4, 0.5) is 0 Å². The molecule has 1 fully saturated rings. The molecule has 132 valence electrons. The largest absolute Gasteiger partial charge is 0.477 e. The maximum Gasteiger partial charge on any atom is 0.352 e. The monoisotopic (exact) mass is 344 g/mol. The molecule has 1 aromatic rings. The van der Waals surface area contributed by atoms with Crippen molar-refractivity contribution in [3.8, 4) is 0 Å². The third kappa shape index (κ3) is 2.60. The predicted octanol–water partition coefficient (Wildman–Crippen LogP) is 0.796. The second-order valence-corrected chi connectivity index (χ2v) is 6.66. The normalized spacial score (nSPS) is 23.2. The van der Waals surface area contributed by atoms with Gasteiger partial charge in [0.1, 0.15) is 5.70 Å². The van der Waals surface area contributed by atoms with Gasteiger partial charge in [-0.15, -0.1) is 0 Å². The molecule has 1 saturated heterocycles. The SMILES string of the molecule is C[C@@H](O)[C@H]1C(=O)N2C(C(=O)O)=C(c3ccc(C(=O)N(C)C)cc3)C[C@H]12. The summed E-state index contributed by atoms with van der Waals surface area (Å²) < 4.78 is 0.